The molecule has 0 radical (unpaired) electrons. The lowest BCUT2D eigenvalue weighted by Crippen LogP contribution is -2.35. The molecule has 1 aromatic heterocycles. The van der Waals surface area contributed by atoms with Crippen molar-refractivity contribution in [3.8, 4) is 5.69 Å². The topological polar surface area (TPSA) is 84.2 Å². The van der Waals surface area contributed by atoms with Gasteiger partial charge in [-0.3, -0.25) is 4.79 Å². The van der Waals surface area contributed by atoms with Crippen molar-refractivity contribution in [2.45, 2.75) is 26.8 Å². The highest BCUT2D eigenvalue weighted by Gasteiger charge is 2.23. The first-order chi connectivity index (χ1) is 11.2. The van der Waals surface area contributed by atoms with Crippen molar-refractivity contribution in [1.29, 1.82) is 0 Å². The third-order valence-electron chi connectivity index (χ3n) is 3.56. The smallest absolute Gasteiger partial charge is 0.326 e. The lowest BCUT2D eigenvalue weighted by Gasteiger charge is -2.19. The number of carboxylic acids is 1. The molecule has 1 aromatic carbocycles. The quantitative estimate of drug-likeness (QED) is 0.843. The van der Waals surface area contributed by atoms with Gasteiger partial charge in [0, 0.05) is 5.02 Å². The molecular weight excluding hydrogens is 353 g/mol. The summed E-state index contributed by atoms with van der Waals surface area (Å²) >= 11 is 12.2. The van der Waals surface area contributed by atoms with Crippen LogP contribution in [0.3, 0.4) is 0 Å². The van der Waals surface area contributed by atoms with E-state index in [4.69, 9.17) is 23.2 Å². The summed E-state index contributed by atoms with van der Waals surface area (Å²) in [6.45, 7) is 5.35. The minimum Gasteiger partial charge on any atom is -0.480 e. The van der Waals surface area contributed by atoms with E-state index in [1.54, 1.807) is 32.0 Å². The van der Waals surface area contributed by atoms with Crippen molar-refractivity contribution in [3.63, 3.8) is 0 Å². The number of nitrogens with one attached hydrogen (secondary N) is 1. The van der Waals surface area contributed by atoms with Crippen LogP contribution in [0.25, 0.3) is 5.69 Å². The van der Waals surface area contributed by atoms with Gasteiger partial charge >= 0.3 is 5.97 Å². The van der Waals surface area contributed by atoms with Gasteiger partial charge in [-0.2, -0.15) is 9.78 Å². The molecule has 0 amide bonds. The first-order valence-electron chi connectivity index (χ1n) is 7.26. The number of benzene rings is 1. The third kappa shape index (κ3) is 3.71. The van der Waals surface area contributed by atoms with Crippen molar-refractivity contribution >= 4 is 34.9 Å². The van der Waals surface area contributed by atoms with Gasteiger partial charge in [0.2, 0.25) is 0 Å². The predicted octanol–water partition coefficient (Wildman–Crippen LogP) is 3.37. The van der Waals surface area contributed by atoms with Crippen molar-refractivity contribution < 1.29 is 9.90 Å². The maximum Gasteiger partial charge on any atom is 0.326 e. The maximum atomic E-state index is 12.4. The average Bonchev–Trinajstić information content (AvgIpc) is 2.51. The second-order valence-electron chi connectivity index (χ2n) is 5.73. The zero-order chi connectivity index (χ0) is 18.0. The Morgan fingerprint density at radius 1 is 1.33 bits per heavy atom. The van der Waals surface area contributed by atoms with Crippen LogP contribution >= 0.6 is 23.2 Å². The van der Waals surface area contributed by atoms with E-state index in [0.29, 0.717) is 10.7 Å². The maximum absolute atomic E-state index is 12.4. The Labute approximate surface area is 149 Å². The average molecular weight is 370 g/mol. The first-order valence-corrected chi connectivity index (χ1v) is 8.01. The summed E-state index contributed by atoms with van der Waals surface area (Å²) in [5.41, 5.74) is 0.966. The molecule has 0 unspecified atom stereocenters. The Hall–Kier alpha value is -2.05. The molecule has 1 heterocycles. The molecule has 2 aromatic rings. The first kappa shape index (κ1) is 18.3. The molecule has 2 N–H and O–H groups in total. The summed E-state index contributed by atoms with van der Waals surface area (Å²) < 4.78 is 1.12. The molecule has 128 valence electrons. The number of carbonyl (C=O) groups is 1. The molecule has 2 rings (SSSR count). The SMILES string of the molecule is Cc1ccc(-n2ncc(N[C@H](C(=O)O)C(C)C)c(Cl)c2=O)cc1Cl. The molecule has 0 bridgehead atoms. The molecule has 24 heavy (non-hydrogen) atoms. The van der Waals surface area contributed by atoms with Gasteiger partial charge < -0.3 is 10.4 Å². The monoisotopic (exact) mass is 369 g/mol. The highest BCUT2D eigenvalue weighted by molar-refractivity contribution is 6.33. The van der Waals surface area contributed by atoms with Crippen molar-refractivity contribution in [3.05, 3.63) is 50.4 Å². The highest BCUT2D eigenvalue weighted by atomic mass is 35.5. The number of halogens is 2. The fraction of sp³-hybridized carbons (Fsp3) is 0.312. The Bertz CT molecular complexity index is 834. The molecule has 8 heteroatoms. The molecule has 0 saturated heterocycles. The molecule has 0 spiro atoms. The van der Waals surface area contributed by atoms with E-state index >= 15 is 0 Å². The van der Waals surface area contributed by atoms with E-state index in [-0.39, 0.29) is 16.6 Å². The van der Waals surface area contributed by atoms with E-state index in [1.807, 2.05) is 6.92 Å². The van der Waals surface area contributed by atoms with E-state index in [9.17, 15) is 14.7 Å². The van der Waals surface area contributed by atoms with Gasteiger partial charge in [-0.15, -0.1) is 0 Å². The van der Waals surface area contributed by atoms with E-state index in [2.05, 4.69) is 10.4 Å². The van der Waals surface area contributed by atoms with Crippen LogP contribution in [0.5, 0.6) is 0 Å². The number of aromatic nitrogens is 2. The second-order valence-corrected chi connectivity index (χ2v) is 6.51. The minimum absolute atomic E-state index is 0.131. The van der Waals surface area contributed by atoms with Crippen LogP contribution in [-0.4, -0.2) is 26.9 Å². The van der Waals surface area contributed by atoms with Crippen LogP contribution in [0.1, 0.15) is 19.4 Å². The van der Waals surface area contributed by atoms with Crippen LogP contribution in [0.2, 0.25) is 10.0 Å². The van der Waals surface area contributed by atoms with Crippen molar-refractivity contribution in [1.82, 2.24) is 9.78 Å². The Kier molecular flexibility index (Phi) is 5.51. The van der Waals surface area contributed by atoms with Gasteiger partial charge in [0.15, 0.2) is 0 Å². The number of hydrogen-bond donors (Lipinski definition) is 2. The lowest BCUT2D eigenvalue weighted by molar-refractivity contribution is -0.138. The number of anilines is 1. The largest absolute Gasteiger partial charge is 0.480 e. The predicted molar refractivity (Wildman–Crippen MR) is 94.5 cm³/mol. The minimum atomic E-state index is -1.03. The van der Waals surface area contributed by atoms with E-state index < -0.39 is 17.6 Å². The van der Waals surface area contributed by atoms with Gasteiger partial charge in [-0.25, -0.2) is 4.79 Å². The Morgan fingerprint density at radius 2 is 2.00 bits per heavy atom. The van der Waals surface area contributed by atoms with Gasteiger partial charge in [-0.1, -0.05) is 43.1 Å². The fourth-order valence-corrected chi connectivity index (χ4v) is 2.47. The summed E-state index contributed by atoms with van der Waals surface area (Å²) in [4.78, 5) is 23.7. The van der Waals surface area contributed by atoms with Gasteiger partial charge in [0.1, 0.15) is 11.1 Å². The summed E-state index contributed by atoms with van der Waals surface area (Å²) in [6.07, 6.45) is 1.33. The second kappa shape index (κ2) is 7.23. The lowest BCUT2D eigenvalue weighted by atomic mass is 10.0. The van der Waals surface area contributed by atoms with E-state index in [1.165, 1.54) is 6.20 Å². The molecular formula is C16H17Cl2N3O3. The van der Waals surface area contributed by atoms with Crippen molar-refractivity contribution in [2.75, 3.05) is 5.32 Å². The third-order valence-corrected chi connectivity index (χ3v) is 4.34. The normalized spacial score (nSPS) is 12.2. The zero-order valence-corrected chi connectivity index (χ0v) is 14.9. The van der Waals surface area contributed by atoms with E-state index in [0.717, 1.165) is 10.2 Å². The molecule has 0 saturated carbocycles. The summed E-state index contributed by atoms with van der Waals surface area (Å²) in [7, 11) is 0. The van der Waals surface area contributed by atoms with Crippen LogP contribution < -0.4 is 10.9 Å². The van der Waals surface area contributed by atoms with Crippen LogP contribution in [-0.2, 0) is 4.79 Å². The standard InChI is InChI=1S/C16H17Cl2N3O3/c1-8(2)14(16(23)24)20-12-7-19-21(15(22)13(12)18)10-5-4-9(3)11(17)6-10/h4-8,14,20H,1-3H3,(H,23,24)/t14-/m0/s1. The Morgan fingerprint density at radius 3 is 2.54 bits per heavy atom. The molecule has 1 atom stereocenters. The van der Waals surface area contributed by atoms with Gasteiger partial charge in [0.25, 0.3) is 5.56 Å². The zero-order valence-electron chi connectivity index (χ0n) is 13.4. The molecule has 0 aliphatic heterocycles. The Balaban J connectivity index is 2.43. The van der Waals surface area contributed by atoms with Crippen LogP contribution in [0.4, 0.5) is 5.69 Å². The van der Waals surface area contributed by atoms with Crippen molar-refractivity contribution in [2.24, 2.45) is 5.92 Å². The molecule has 0 aliphatic carbocycles. The number of aliphatic carboxylic acids is 1. The molecule has 0 fully saturated rings. The number of rotatable bonds is 5. The molecule has 6 nitrogen and oxygen atoms in total. The fourth-order valence-electron chi connectivity index (χ4n) is 2.11. The van der Waals surface area contributed by atoms with Gasteiger partial charge in [0.05, 0.1) is 17.6 Å². The summed E-state index contributed by atoms with van der Waals surface area (Å²) in [5, 5.41) is 16.4. The van der Waals surface area contributed by atoms with Gasteiger partial charge in [-0.05, 0) is 30.5 Å². The number of aryl methyl sites for hydroxylation is 1. The number of hydrogen-bond acceptors (Lipinski definition) is 4. The summed E-state index contributed by atoms with van der Waals surface area (Å²) in [5.74, 6) is -1.23. The number of carboxylic acid groups (broad SMARTS) is 1. The van der Waals surface area contributed by atoms with Crippen LogP contribution in [0, 0.1) is 12.8 Å². The number of nitrogens with zero attached hydrogens (tertiary/aromatic N) is 2. The molecule has 0 aliphatic rings. The van der Waals surface area contributed by atoms with Crippen LogP contribution in [0.15, 0.2) is 29.2 Å². The highest BCUT2D eigenvalue weighted by Crippen LogP contribution is 2.22. The summed E-state index contributed by atoms with van der Waals surface area (Å²) in [6, 6.07) is 4.20.